The van der Waals surface area contributed by atoms with Crippen molar-refractivity contribution in [2.24, 2.45) is 0 Å². The Kier molecular flexibility index (Phi) is 6.00. The zero-order chi connectivity index (χ0) is 15.9. The zero-order valence-electron chi connectivity index (χ0n) is 13.1. The number of aromatic nitrogens is 2. The summed E-state index contributed by atoms with van der Waals surface area (Å²) in [6, 6.07) is 7.81. The maximum absolute atomic E-state index is 11.9. The van der Waals surface area contributed by atoms with E-state index in [9.17, 15) is 4.79 Å². The molecule has 0 bridgehead atoms. The van der Waals surface area contributed by atoms with Gasteiger partial charge in [0.1, 0.15) is 0 Å². The molecule has 0 radical (unpaired) electrons. The Morgan fingerprint density at radius 2 is 2.05 bits per heavy atom. The zero-order valence-corrected chi connectivity index (χ0v) is 13.9. The molecule has 0 saturated heterocycles. The van der Waals surface area contributed by atoms with Crippen molar-refractivity contribution in [3.63, 3.8) is 0 Å². The average Bonchev–Trinajstić information content (AvgIpc) is 2.97. The summed E-state index contributed by atoms with van der Waals surface area (Å²) in [4.78, 5) is 17.4. The molecule has 0 fully saturated rings. The molecule has 0 unspecified atom stereocenters. The highest BCUT2D eigenvalue weighted by Gasteiger charge is 2.10. The van der Waals surface area contributed by atoms with Gasteiger partial charge in [-0.1, -0.05) is 19.0 Å². The van der Waals surface area contributed by atoms with Crippen molar-refractivity contribution in [2.75, 3.05) is 11.6 Å². The van der Waals surface area contributed by atoms with Crippen LogP contribution in [0.5, 0.6) is 0 Å². The van der Waals surface area contributed by atoms with Gasteiger partial charge in [0.05, 0.1) is 0 Å². The summed E-state index contributed by atoms with van der Waals surface area (Å²) in [7, 11) is 0. The third-order valence-electron chi connectivity index (χ3n) is 3.17. The summed E-state index contributed by atoms with van der Waals surface area (Å²) < 4.78 is 5.16. The third-order valence-corrected chi connectivity index (χ3v) is 3.91. The van der Waals surface area contributed by atoms with Gasteiger partial charge in [-0.15, -0.1) is 11.8 Å². The van der Waals surface area contributed by atoms with Crippen molar-refractivity contribution in [1.29, 1.82) is 0 Å². The van der Waals surface area contributed by atoms with Crippen molar-refractivity contribution in [2.45, 2.75) is 43.9 Å². The van der Waals surface area contributed by atoms with Crippen LogP contribution in [-0.2, 0) is 11.2 Å². The second kappa shape index (κ2) is 7.98. The number of thioether (sulfide) groups is 1. The van der Waals surface area contributed by atoms with E-state index in [-0.39, 0.29) is 11.8 Å². The minimum absolute atomic E-state index is 0.000463. The number of hydrogen-bond acceptors (Lipinski definition) is 5. The number of rotatable bonds is 7. The summed E-state index contributed by atoms with van der Waals surface area (Å²) in [5, 5.41) is 6.80. The number of aryl methyl sites for hydroxylation is 1. The first kappa shape index (κ1) is 16.5. The van der Waals surface area contributed by atoms with E-state index < -0.39 is 0 Å². The molecule has 2 rings (SSSR count). The van der Waals surface area contributed by atoms with Crippen LogP contribution in [0.2, 0.25) is 0 Å². The molecular weight excluding hydrogens is 298 g/mol. The number of nitrogens with zero attached hydrogens (tertiary/aromatic N) is 2. The van der Waals surface area contributed by atoms with Gasteiger partial charge in [0.15, 0.2) is 5.82 Å². The molecule has 1 heterocycles. The van der Waals surface area contributed by atoms with Gasteiger partial charge in [0.25, 0.3) is 0 Å². The molecule has 1 aromatic heterocycles. The lowest BCUT2D eigenvalue weighted by molar-refractivity contribution is -0.116. The molecule has 0 aliphatic carbocycles. The minimum Gasteiger partial charge on any atom is -0.339 e. The molecule has 118 valence electrons. The van der Waals surface area contributed by atoms with Crippen LogP contribution in [0.4, 0.5) is 5.69 Å². The fourth-order valence-electron chi connectivity index (χ4n) is 1.90. The Hall–Kier alpha value is -1.82. The quantitative estimate of drug-likeness (QED) is 0.784. The Morgan fingerprint density at radius 3 is 2.64 bits per heavy atom. The highest BCUT2D eigenvalue weighted by molar-refractivity contribution is 7.98. The SMILES string of the molecule is CSc1ccc(NC(=O)CCCc2nc(C(C)C)no2)cc1. The summed E-state index contributed by atoms with van der Waals surface area (Å²) in [6.45, 7) is 4.04. The topological polar surface area (TPSA) is 68.0 Å². The first-order chi connectivity index (χ1) is 10.6. The van der Waals surface area contributed by atoms with Gasteiger partial charge in [-0.05, 0) is 36.9 Å². The standard InChI is InChI=1S/C16H21N3O2S/c1-11(2)16-18-15(21-19-16)6-4-5-14(20)17-12-7-9-13(22-3)10-8-12/h7-11H,4-6H2,1-3H3,(H,17,20). The van der Waals surface area contributed by atoms with Gasteiger partial charge in [0, 0.05) is 29.3 Å². The van der Waals surface area contributed by atoms with Gasteiger partial charge >= 0.3 is 0 Å². The van der Waals surface area contributed by atoms with Gasteiger partial charge in [-0.3, -0.25) is 4.79 Å². The third kappa shape index (κ3) is 4.87. The number of amides is 1. The van der Waals surface area contributed by atoms with Gasteiger partial charge < -0.3 is 9.84 Å². The summed E-state index contributed by atoms with van der Waals surface area (Å²) in [5.74, 6) is 1.57. The van der Waals surface area contributed by atoms with Crippen molar-refractivity contribution in [3.8, 4) is 0 Å². The van der Waals surface area contributed by atoms with E-state index in [4.69, 9.17) is 4.52 Å². The Bertz CT molecular complexity index is 608. The van der Waals surface area contributed by atoms with E-state index in [1.807, 2.05) is 44.4 Å². The highest BCUT2D eigenvalue weighted by Crippen LogP contribution is 2.18. The van der Waals surface area contributed by atoms with Crippen LogP contribution in [0.15, 0.2) is 33.7 Å². The van der Waals surface area contributed by atoms with Crippen LogP contribution in [0.25, 0.3) is 0 Å². The fraction of sp³-hybridized carbons (Fsp3) is 0.438. The highest BCUT2D eigenvalue weighted by atomic mass is 32.2. The second-order valence-corrected chi connectivity index (χ2v) is 6.21. The lowest BCUT2D eigenvalue weighted by Gasteiger charge is -2.05. The van der Waals surface area contributed by atoms with Gasteiger partial charge in [-0.2, -0.15) is 4.98 Å². The van der Waals surface area contributed by atoms with E-state index in [1.165, 1.54) is 4.90 Å². The first-order valence-corrected chi connectivity index (χ1v) is 8.57. The molecule has 0 atom stereocenters. The number of carbonyl (C=O) groups excluding carboxylic acids is 1. The Labute approximate surface area is 134 Å². The molecule has 0 aliphatic rings. The van der Waals surface area contributed by atoms with Crippen LogP contribution in [-0.4, -0.2) is 22.3 Å². The average molecular weight is 319 g/mol. The Balaban J connectivity index is 1.74. The molecule has 6 heteroatoms. The van der Waals surface area contributed by atoms with Crippen LogP contribution in [0.1, 0.15) is 44.3 Å². The maximum Gasteiger partial charge on any atom is 0.226 e. The van der Waals surface area contributed by atoms with E-state index in [1.54, 1.807) is 11.8 Å². The monoisotopic (exact) mass is 319 g/mol. The predicted molar refractivity (Wildman–Crippen MR) is 88.2 cm³/mol. The molecule has 1 amide bonds. The summed E-state index contributed by atoms with van der Waals surface area (Å²) >= 11 is 1.68. The molecule has 0 saturated carbocycles. The van der Waals surface area contributed by atoms with E-state index in [2.05, 4.69) is 15.5 Å². The van der Waals surface area contributed by atoms with Crippen molar-refractivity contribution < 1.29 is 9.32 Å². The van der Waals surface area contributed by atoms with Crippen molar-refractivity contribution >= 4 is 23.4 Å². The molecule has 5 nitrogen and oxygen atoms in total. The smallest absolute Gasteiger partial charge is 0.226 e. The Morgan fingerprint density at radius 1 is 1.32 bits per heavy atom. The largest absolute Gasteiger partial charge is 0.339 e. The first-order valence-electron chi connectivity index (χ1n) is 7.35. The van der Waals surface area contributed by atoms with Crippen molar-refractivity contribution in [1.82, 2.24) is 10.1 Å². The van der Waals surface area contributed by atoms with Gasteiger partial charge in [-0.25, -0.2) is 0 Å². The second-order valence-electron chi connectivity index (χ2n) is 5.33. The number of carbonyl (C=O) groups is 1. The molecule has 0 spiro atoms. The summed E-state index contributed by atoms with van der Waals surface area (Å²) in [6.07, 6.45) is 3.77. The predicted octanol–water partition coefficient (Wildman–Crippen LogP) is 3.88. The molecule has 2 aromatic rings. The number of anilines is 1. The van der Waals surface area contributed by atoms with E-state index in [0.29, 0.717) is 31.0 Å². The number of hydrogen-bond donors (Lipinski definition) is 1. The number of nitrogens with one attached hydrogen (secondary N) is 1. The van der Waals surface area contributed by atoms with Crippen LogP contribution < -0.4 is 5.32 Å². The molecular formula is C16H21N3O2S. The maximum atomic E-state index is 11.9. The summed E-state index contributed by atoms with van der Waals surface area (Å²) in [5.41, 5.74) is 0.822. The minimum atomic E-state index is 0.000463. The fourth-order valence-corrected chi connectivity index (χ4v) is 2.31. The number of benzene rings is 1. The normalized spacial score (nSPS) is 10.9. The molecule has 1 aromatic carbocycles. The van der Waals surface area contributed by atoms with Crippen molar-refractivity contribution in [3.05, 3.63) is 36.0 Å². The van der Waals surface area contributed by atoms with Crippen LogP contribution >= 0.6 is 11.8 Å². The molecule has 1 N–H and O–H groups in total. The lowest BCUT2D eigenvalue weighted by atomic mass is 10.2. The van der Waals surface area contributed by atoms with Gasteiger partial charge in [0.2, 0.25) is 11.8 Å². The van der Waals surface area contributed by atoms with E-state index >= 15 is 0 Å². The molecule has 0 aliphatic heterocycles. The lowest BCUT2D eigenvalue weighted by Crippen LogP contribution is -2.11. The van der Waals surface area contributed by atoms with E-state index in [0.717, 1.165) is 5.69 Å². The van der Waals surface area contributed by atoms with Crippen LogP contribution in [0.3, 0.4) is 0 Å². The van der Waals surface area contributed by atoms with Crippen LogP contribution in [0, 0.1) is 0 Å². The molecule has 22 heavy (non-hydrogen) atoms.